The number of nitrogens with zero attached hydrogens (tertiary/aromatic N) is 2. The number of aliphatic imine (C=N–C) groups is 1. The van der Waals surface area contributed by atoms with Crippen LogP contribution in [0.4, 0.5) is 0 Å². The van der Waals surface area contributed by atoms with E-state index in [9.17, 15) is 4.79 Å². The average molecular weight is 353 g/mol. The number of rotatable bonds is 4. The van der Waals surface area contributed by atoms with E-state index in [1.165, 1.54) is 23.4 Å². The Morgan fingerprint density at radius 2 is 1.92 bits per heavy atom. The molecule has 0 atom stereocenters. The molecule has 0 spiro atoms. The Morgan fingerprint density at radius 3 is 2.65 bits per heavy atom. The quantitative estimate of drug-likeness (QED) is 0.521. The summed E-state index contributed by atoms with van der Waals surface area (Å²) in [4.78, 5) is 18.8. The summed E-state index contributed by atoms with van der Waals surface area (Å²) in [5.74, 6) is 0.836. The average Bonchev–Trinajstić information content (AvgIpc) is 2.70. The van der Waals surface area contributed by atoms with Gasteiger partial charge in [0.2, 0.25) is 0 Å². The number of carbonyl (C=O) groups excluding carboxylic acids is 1. The number of likely N-dealkylation sites (tertiary alicyclic amines) is 1. The van der Waals surface area contributed by atoms with Crippen molar-refractivity contribution < 1.29 is 9.53 Å². The summed E-state index contributed by atoms with van der Waals surface area (Å²) in [5.41, 5.74) is 1.22. The molecule has 0 bridgehead atoms. The highest BCUT2D eigenvalue weighted by atomic mass is 16.5. The molecular formula is C21H27N3O2. The summed E-state index contributed by atoms with van der Waals surface area (Å²) in [5, 5.41) is 5.88. The molecule has 26 heavy (non-hydrogen) atoms. The zero-order valence-electron chi connectivity index (χ0n) is 15.6. The molecule has 0 radical (unpaired) electrons. The lowest BCUT2D eigenvalue weighted by Crippen LogP contribution is -2.46. The Labute approximate surface area is 155 Å². The monoisotopic (exact) mass is 353 g/mol. The minimum atomic E-state index is -0.0951. The van der Waals surface area contributed by atoms with E-state index in [2.05, 4.69) is 59.6 Å². The van der Waals surface area contributed by atoms with Gasteiger partial charge in [0, 0.05) is 19.6 Å². The van der Waals surface area contributed by atoms with Crippen LogP contribution in [0.15, 0.2) is 47.5 Å². The summed E-state index contributed by atoms with van der Waals surface area (Å²) in [6.45, 7) is 5.18. The molecule has 0 saturated carbocycles. The van der Waals surface area contributed by atoms with Crippen LogP contribution < -0.4 is 5.32 Å². The van der Waals surface area contributed by atoms with Crippen LogP contribution in [0, 0.1) is 5.92 Å². The van der Waals surface area contributed by atoms with Crippen LogP contribution in [0.2, 0.25) is 0 Å². The topological polar surface area (TPSA) is 53.9 Å². The first-order valence-corrected chi connectivity index (χ1v) is 9.30. The van der Waals surface area contributed by atoms with Crippen molar-refractivity contribution >= 4 is 22.7 Å². The number of piperidine rings is 1. The van der Waals surface area contributed by atoms with Crippen molar-refractivity contribution in [2.24, 2.45) is 10.9 Å². The van der Waals surface area contributed by atoms with E-state index >= 15 is 0 Å². The fourth-order valence-corrected chi connectivity index (χ4v) is 3.51. The molecule has 1 aliphatic rings. The van der Waals surface area contributed by atoms with E-state index in [1.54, 1.807) is 0 Å². The number of benzene rings is 2. The van der Waals surface area contributed by atoms with E-state index in [4.69, 9.17) is 9.73 Å². The van der Waals surface area contributed by atoms with E-state index < -0.39 is 0 Å². The van der Waals surface area contributed by atoms with Gasteiger partial charge < -0.3 is 15.0 Å². The number of carbonyl (C=O) groups is 1. The van der Waals surface area contributed by atoms with Crippen molar-refractivity contribution in [3.63, 3.8) is 0 Å². The number of hydrogen-bond acceptors (Lipinski definition) is 3. The van der Waals surface area contributed by atoms with Gasteiger partial charge in [-0.05, 0) is 36.1 Å². The number of esters is 1. The van der Waals surface area contributed by atoms with Gasteiger partial charge in [-0.25, -0.2) is 4.99 Å². The Hall–Kier alpha value is -2.56. The van der Waals surface area contributed by atoms with Gasteiger partial charge in [-0.2, -0.15) is 0 Å². The molecular weight excluding hydrogens is 326 g/mol. The van der Waals surface area contributed by atoms with Crippen LogP contribution in [0.25, 0.3) is 10.8 Å². The zero-order valence-corrected chi connectivity index (χ0v) is 15.6. The highest BCUT2D eigenvalue weighted by Gasteiger charge is 2.26. The van der Waals surface area contributed by atoms with Crippen molar-refractivity contribution in [1.29, 1.82) is 0 Å². The van der Waals surface area contributed by atoms with Crippen LogP contribution in [0.5, 0.6) is 0 Å². The van der Waals surface area contributed by atoms with E-state index in [1.807, 2.05) is 0 Å². The zero-order chi connectivity index (χ0) is 18.4. The fraction of sp³-hybridized carbons (Fsp3) is 0.429. The Morgan fingerprint density at radius 1 is 1.19 bits per heavy atom. The molecule has 3 rings (SSSR count). The number of fused-ring (bicyclic) bond motifs is 1. The Kier molecular flexibility index (Phi) is 6.10. The predicted octanol–water partition coefficient (Wildman–Crippen LogP) is 3.19. The molecule has 2 aromatic carbocycles. The van der Waals surface area contributed by atoms with Gasteiger partial charge in [-0.3, -0.25) is 4.79 Å². The lowest BCUT2D eigenvalue weighted by Gasteiger charge is -2.33. The molecule has 138 valence electrons. The molecule has 0 unspecified atom stereocenters. The van der Waals surface area contributed by atoms with Crippen LogP contribution in [0.3, 0.4) is 0 Å². The molecule has 1 N–H and O–H groups in total. The molecule has 5 nitrogen and oxygen atoms in total. The largest absolute Gasteiger partial charge is 0.469 e. The third-order valence-electron chi connectivity index (χ3n) is 4.94. The Balaban J connectivity index is 1.72. The molecule has 0 amide bonds. The predicted molar refractivity (Wildman–Crippen MR) is 105 cm³/mol. The minimum absolute atomic E-state index is 0.0113. The first-order chi connectivity index (χ1) is 12.7. The number of nitrogens with one attached hydrogen (secondary N) is 1. The summed E-state index contributed by atoms with van der Waals surface area (Å²) >= 11 is 0. The van der Waals surface area contributed by atoms with Crippen molar-refractivity contribution in [3.8, 4) is 0 Å². The maximum Gasteiger partial charge on any atom is 0.308 e. The maximum absolute atomic E-state index is 11.7. The first-order valence-electron chi connectivity index (χ1n) is 9.30. The molecule has 1 aliphatic heterocycles. The summed E-state index contributed by atoms with van der Waals surface area (Å²) in [6.07, 6.45) is 1.62. The van der Waals surface area contributed by atoms with Crippen LogP contribution in [0.1, 0.15) is 25.3 Å². The minimum Gasteiger partial charge on any atom is -0.469 e. The van der Waals surface area contributed by atoms with Gasteiger partial charge in [-0.1, -0.05) is 42.5 Å². The second kappa shape index (κ2) is 8.70. The van der Waals surface area contributed by atoms with Gasteiger partial charge in [0.15, 0.2) is 5.96 Å². The van der Waals surface area contributed by atoms with Gasteiger partial charge in [0.05, 0.1) is 19.6 Å². The second-order valence-corrected chi connectivity index (χ2v) is 6.59. The van der Waals surface area contributed by atoms with Gasteiger partial charge in [0.25, 0.3) is 0 Å². The number of hydrogen-bond donors (Lipinski definition) is 1. The molecule has 0 aliphatic carbocycles. The fourth-order valence-electron chi connectivity index (χ4n) is 3.51. The van der Waals surface area contributed by atoms with E-state index in [0.29, 0.717) is 6.54 Å². The van der Waals surface area contributed by atoms with Crippen molar-refractivity contribution in [3.05, 3.63) is 48.0 Å². The molecule has 2 aromatic rings. The smallest absolute Gasteiger partial charge is 0.308 e. The van der Waals surface area contributed by atoms with Crippen LogP contribution in [-0.4, -0.2) is 43.6 Å². The SMILES string of the molecule is CCNC(=NCc1cccc2ccccc12)N1CCC(C(=O)OC)CC1. The summed E-state index contributed by atoms with van der Waals surface area (Å²) in [7, 11) is 1.46. The van der Waals surface area contributed by atoms with Crippen LogP contribution in [-0.2, 0) is 16.1 Å². The van der Waals surface area contributed by atoms with Gasteiger partial charge >= 0.3 is 5.97 Å². The summed E-state index contributed by atoms with van der Waals surface area (Å²) in [6, 6.07) is 14.8. The van der Waals surface area contributed by atoms with E-state index in [-0.39, 0.29) is 11.9 Å². The lowest BCUT2D eigenvalue weighted by atomic mass is 9.97. The van der Waals surface area contributed by atoms with Gasteiger partial charge in [-0.15, -0.1) is 0 Å². The van der Waals surface area contributed by atoms with Crippen molar-refractivity contribution in [2.75, 3.05) is 26.7 Å². The van der Waals surface area contributed by atoms with Crippen molar-refractivity contribution in [2.45, 2.75) is 26.3 Å². The molecule has 0 aromatic heterocycles. The highest BCUT2D eigenvalue weighted by molar-refractivity contribution is 5.86. The first kappa shape index (κ1) is 18.2. The number of ether oxygens (including phenoxy) is 1. The third kappa shape index (κ3) is 4.15. The molecule has 5 heteroatoms. The molecule has 1 fully saturated rings. The Bertz CT molecular complexity index is 774. The number of methoxy groups -OCH3 is 1. The number of guanidine groups is 1. The second-order valence-electron chi connectivity index (χ2n) is 6.59. The van der Waals surface area contributed by atoms with Gasteiger partial charge in [0.1, 0.15) is 0 Å². The van der Waals surface area contributed by atoms with E-state index in [0.717, 1.165) is 38.4 Å². The lowest BCUT2D eigenvalue weighted by molar-refractivity contribution is -0.146. The molecule has 1 saturated heterocycles. The standard InChI is InChI=1S/C21H27N3O2/c1-3-22-21(24-13-11-17(12-14-24)20(25)26-2)23-15-18-9-6-8-16-7-4-5-10-19(16)18/h4-10,17H,3,11-15H2,1-2H3,(H,22,23). The summed E-state index contributed by atoms with van der Waals surface area (Å²) < 4.78 is 4.88. The molecule has 1 heterocycles. The maximum atomic E-state index is 11.7. The van der Waals surface area contributed by atoms with Crippen LogP contribution >= 0.6 is 0 Å². The van der Waals surface area contributed by atoms with Crippen molar-refractivity contribution in [1.82, 2.24) is 10.2 Å². The third-order valence-corrected chi connectivity index (χ3v) is 4.94. The normalized spacial score (nSPS) is 15.9. The highest BCUT2D eigenvalue weighted by Crippen LogP contribution is 2.21.